The van der Waals surface area contributed by atoms with Crippen LogP contribution in [0, 0.1) is 11.8 Å². The van der Waals surface area contributed by atoms with Gasteiger partial charge in [0.2, 0.25) is 11.8 Å². The van der Waals surface area contributed by atoms with Crippen molar-refractivity contribution in [2.45, 2.75) is 27.3 Å². The summed E-state index contributed by atoms with van der Waals surface area (Å²) in [4.78, 5) is 13.3. The molecule has 1 amide bonds. The number of anilines is 1. The molecule has 0 bridgehead atoms. The standard InChI is InChI=1S/C13H25N5O2/c1-9(2)6-15-7-11-16-17-13(20-11)18(5)8-10(3)12(19)14-4/h9-10,15H,6-8H2,1-5H3,(H,14,19). The summed E-state index contributed by atoms with van der Waals surface area (Å²) in [6, 6.07) is 0.433. The first-order valence-corrected chi connectivity index (χ1v) is 6.89. The highest BCUT2D eigenvalue weighted by atomic mass is 16.4. The van der Waals surface area contributed by atoms with Gasteiger partial charge >= 0.3 is 6.01 Å². The highest BCUT2D eigenvalue weighted by molar-refractivity contribution is 5.78. The van der Waals surface area contributed by atoms with E-state index in [1.807, 2.05) is 14.0 Å². The Morgan fingerprint density at radius 1 is 1.35 bits per heavy atom. The lowest BCUT2D eigenvalue weighted by Gasteiger charge is -2.18. The predicted molar refractivity (Wildman–Crippen MR) is 77.3 cm³/mol. The molecule has 0 spiro atoms. The van der Waals surface area contributed by atoms with Crippen LogP contribution >= 0.6 is 0 Å². The minimum absolute atomic E-state index is 0.00445. The van der Waals surface area contributed by atoms with Crippen molar-refractivity contribution in [3.05, 3.63) is 5.89 Å². The van der Waals surface area contributed by atoms with Crippen LogP contribution < -0.4 is 15.5 Å². The number of amides is 1. The van der Waals surface area contributed by atoms with E-state index in [-0.39, 0.29) is 11.8 Å². The number of hydrogen-bond donors (Lipinski definition) is 2. The molecule has 20 heavy (non-hydrogen) atoms. The third kappa shape index (κ3) is 5.16. The van der Waals surface area contributed by atoms with Gasteiger partial charge in [-0.15, -0.1) is 5.10 Å². The summed E-state index contributed by atoms with van der Waals surface area (Å²) >= 11 is 0. The van der Waals surface area contributed by atoms with Gasteiger partial charge < -0.3 is 20.0 Å². The molecular weight excluding hydrogens is 258 g/mol. The lowest BCUT2D eigenvalue weighted by molar-refractivity contribution is -0.123. The molecule has 0 saturated heterocycles. The molecule has 1 aromatic heterocycles. The largest absolute Gasteiger partial charge is 0.407 e. The molecule has 1 atom stereocenters. The van der Waals surface area contributed by atoms with E-state index in [1.165, 1.54) is 0 Å². The van der Waals surface area contributed by atoms with E-state index in [1.54, 1.807) is 11.9 Å². The topological polar surface area (TPSA) is 83.3 Å². The molecule has 0 fully saturated rings. The van der Waals surface area contributed by atoms with Crippen LogP contribution in [-0.4, -0.2) is 43.3 Å². The van der Waals surface area contributed by atoms with Crippen molar-refractivity contribution in [2.75, 3.05) is 32.1 Å². The van der Waals surface area contributed by atoms with Crippen LogP contribution in [0.3, 0.4) is 0 Å². The maximum atomic E-state index is 11.5. The second-order valence-electron chi connectivity index (χ2n) is 5.40. The van der Waals surface area contributed by atoms with Crippen molar-refractivity contribution in [2.24, 2.45) is 11.8 Å². The van der Waals surface area contributed by atoms with Crippen molar-refractivity contribution in [3.8, 4) is 0 Å². The molecular formula is C13H25N5O2. The zero-order chi connectivity index (χ0) is 15.1. The number of hydrogen-bond acceptors (Lipinski definition) is 6. The second-order valence-corrected chi connectivity index (χ2v) is 5.40. The summed E-state index contributed by atoms with van der Waals surface area (Å²) in [5.41, 5.74) is 0. The minimum Gasteiger partial charge on any atom is -0.407 e. The van der Waals surface area contributed by atoms with Gasteiger partial charge in [-0.25, -0.2) is 0 Å². The first-order chi connectivity index (χ1) is 9.43. The number of rotatable bonds is 8. The van der Waals surface area contributed by atoms with Crippen LogP contribution in [0.25, 0.3) is 0 Å². The third-order valence-electron chi connectivity index (χ3n) is 2.85. The number of aromatic nitrogens is 2. The summed E-state index contributed by atoms with van der Waals surface area (Å²) in [5, 5.41) is 13.8. The van der Waals surface area contributed by atoms with Crippen LogP contribution in [0.4, 0.5) is 6.01 Å². The smallest absolute Gasteiger partial charge is 0.317 e. The molecule has 0 saturated carbocycles. The second kappa shape index (κ2) is 7.84. The summed E-state index contributed by atoms with van der Waals surface area (Å²) < 4.78 is 5.55. The van der Waals surface area contributed by atoms with Gasteiger partial charge in [0.25, 0.3) is 0 Å². The highest BCUT2D eigenvalue weighted by Gasteiger charge is 2.17. The lowest BCUT2D eigenvalue weighted by Crippen LogP contribution is -2.34. The Balaban J connectivity index is 2.47. The van der Waals surface area contributed by atoms with Crippen LogP contribution in [0.2, 0.25) is 0 Å². The molecule has 1 aromatic rings. The maximum Gasteiger partial charge on any atom is 0.317 e. The van der Waals surface area contributed by atoms with Gasteiger partial charge in [0.15, 0.2) is 0 Å². The molecule has 1 unspecified atom stereocenters. The van der Waals surface area contributed by atoms with Crippen LogP contribution in [0.5, 0.6) is 0 Å². The van der Waals surface area contributed by atoms with Gasteiger partial charge in [-0.3, -0.25) is 4.79 Å². The monoisotopic (exact) mass is 283 g/mol. The fourth-order valence-electron chi connectivity index (χ4n) is 1.76. The van der Waals surface area contributed by atoms with Crippen LogP contribution in [-0.2, 0) is 11.3 Å². The van der Waals surface area contributed by atoms with Gasteiger partial charge in [-0.1, -0.05) is 25.9 Å². The molecule has 0 aliphatic rings. The van der Waals surface area contributed by atoms with Crippen molar-refractivity contribution < 1.29 is 9.21 Å². The molecule has 0 radical (unpaired) electrons. The van der Waals surface area contributed by atoms with Gasteiger partial charge in [-0.05, 0) is 12.5 Å². The third-order valence-corrected chi connectivity index (χ3v) is 2.85. The van der Waals surface area contributed by atoms with E-state index < -0.39 is 0 Å². The van der Waals surface area contributed by atoms with Crippen molar-refractivity contribution in [1.29, 1.82) is 0 Å². The van der Waals surface area contributed by atoms with E-state index in [0.717, 1.165) is 6.54 Å². The molecule has 1 heterocycles. The Morgan fingerprint density at radius 3 is 2.65 bits per heavy atom. The molecule has 2 N–H and O–H groups in total. The zero-order valence-electron chi connectivity index (χ0n) is 12.9. The normalized spacial score (nSPS) is 12.5. The average molecular weight is 283 g/mol. The molecule has 7 nitrogen and oxygen atoms in total. The Labute approximate surface area is 120 Å². The summed E-state index contributed by atoms with van der Waals surface area (Å²) in [6.07, 6.45) is 0. The van der Waals surface area contributed by atoms with Gasteiger partial charge in [0.05, 0.1) is 12.5 Å². The zero-order valence-corrected chi connectivity index (χ0v) is 12.9. The summed E-state index contributed by atoms with van der Waals surface area (Å²) in [7, 11) is 3.46. The number of nitrogens with zero attached hydrogens (tertiary/aromatic N) is 3. The maximum absolute atomic E-state index is 11.5. The van der Waals surface area contributed by atoms with Crippen LogP contribution in [0.15, 0.2) is 4.42 Å². The molecule has 7 heteroatoms. The molecule has 0 aliphatic carbocycles. The van der Waals surface area contributed by atoms with E-state index in [2.05, 4.69) is 34.7 Å². The van der Waals surface area contributed by atoms with Gasteiger partial charge in [0, 0.05) is 20.6 Å². The Bertz CT molecular complexity index is 419. The number of nitrogens with one attached hydrogen (secondary N) is 2. The van der Waals surface area contributed by atoms with Crippen molar-refractivity contribution in [1.82, 2.24) is 20.8 Å². The first kappa shape index (κ1) is 16.4. The van der Waals surface area contributed by atoms with Gasteiger partial charge in [0.1, 0.15) is 0 Å². The Morgan fingerprint density at radius 2 is 2.05 bits per heavy atom. The Hall–Kier alpha value is -1.63. The SMILES string of the molecule is CNC(=O)C(C)CN(C)c1nnc(CNCC(C)C)o1. The minimum atomic E-state index is -0.139. The molecule has 1 rings (SSSR count). The fourth-order valence-corrected chi connectivity index (χ4v) is 1.76. The average Bonchev–Trinajstić information content (AvgIpc) is 2.86. The van der Waals surface area contributed by atoms with Crippen molar-refractivity contribution >= 4 is 11.9 Å². The van der Waals surface area contributed by atoms with E-state index in [4.69, 9.17) is 4.42 Å². The molecule has 0 aliphatic heterocycles. The fraction of sp³-hybridized carbons (Fsp3) is 0.769. The van der Waals surface area contributed by atoms with E-state index >= 15 is 0 Å². The predicted octanol–water partition coefficient (Wildman–Crippen LogP) is 0.634. The van der Waals surface area contributed by atoms with E-state index in [0.29, 0.717) is 30.9 Å². The lowest BCUT2D eigenvalue weighted by atomic mass is 10.1. The highest BCUT2D eigenvalue weighted by Crippen LogP contribution is 2.12. The number of carbonyl (C=O) groups is 1. The van der Waals surface area contributed by atoms with E-state index in [9.17, 15) is 4.79 Å². The molecule has 114 valence electrons. The first-order valence-electron chi connectivity index (χ1n) is 6.89. The van der Waals surface area contributed by atoms with Crippen molar-refractivity contribution in [3.63, 3.8) is 0 Å². The number of carbonyl (C=O) groups excluding carboxylic acids is 1. The summed E-state index contributed by atoms with van der Waals surface area (Å²) in [5.74, 6) is 0.989. The van der Waals surface area contributed by atoms with Crippen LogP contribution in [0.1, 0.15) is 26.7 Å². The quantitative estimate of drug-likeness (QED) is 0.728. The molecule has 0 aromatic carbocycles. The van der Waals surface area contributed by atoms with Gasteiger partial charge in [-0.2, -0.15) is 0 Å². The summed E-state index contributed by atoms with van der Waals surface area (Å²) in [6.45, 7) is 8.13. The Kier molecular flexibility index (Phi) is 6.44.